The van der Waals surface area contributed by atoms with Crippen molar-refractivity contribution in [2.45, 2.75) is 5.09 Å². The maximum atomic E-state index is 12.1. The summed E-state index contributed by atoms with van der Waals surface area (Å²) in [6.45, 7) is 0. The molecular formula is C15H8BrF3O2. The summed E-state index contributed by atoms with van der Waals surface area (Å²) < 4.78 is 30.8. The SMILES string of the molecule is FC(F)(F)Br.O=C1c2ccccc2C(=O)c2ccccc21. The number of carbonyl (C=O) groups is 2. The first-order valence-electron chi connectivity index (χ1n) is 5.82. The maximum Gasteiger partial charge on any atom is 0.448 e. The molecule has 0 saturated heterocycles. The quantitative estimate of drug-likeness (QED) is 0.560. The fraction of sp³-hybridized carbons (Fsp3) is 0.0667. The largest absolute Gasteiger partial charge is 0.448 e. The third-order valence-electron chi connectivity index (χ3n) is 2.83. The van der Waals surface area contributed by atoms with Crippen LogP contribution < -0.4 is 0 Å². The zero-order valence-corrected chi connectivity index (χ0v) is 12.0. The van der Waals surface area contributed by atoms with Gasteiger partial charge in [-0.05, 0) is 0 Å². The van der Waals surface area contributed by atoms with E-state index in [-0.39, 0.29) is 11.6 Å². The molecule has 0 N–H and O–H groups in total. The molecule has 3 rings (SSSR count). The minimum absolute atomic E-state index is 0.0641. The van der Waals surface area contributed by atoms with Crippen molar-refractivity contribution in [1.82, 2.24) is 0 Å². The fourth-order valence-corrected chi connectivity index (χ4v) is 2.05. The first-order chi connectivity index (χ1) is 9.79. The topological polar surface area (TPSA) is 34.1 Å². The zero-order valence-electron chi connectivity index (χ0n) is 10.4. The Kier molecular flexibility index (Phi) is 4.27. The van der Waals surface area contributed by atoms with Crippen molar-refractivity contribution < 1.29 is 22.8 Å². The van der Waals surface area contributed by atoms with Crippen LogP contribution in [0.25, 0.3) is 0 Å². The molecule has 0 fully saturated rings. The van der Waals surface area contributed by atoms with Gasteiger partial charge in [-0.2, -0.15) is 13.2 Å². The molecule has 2 aromatic rings. The van der Waals surface area contributed by atoms with Crippen molar-refractivity contribution in [1.29, 1.82) is 0 Å². The molecule has 1 aliphatic carbocycles. The molecule has 0 unspecified atom stereocenters. The van der Waals surface area contributed by atoms with E-state index in [2.05, 4.69) is 0 Å². The average Bonchev–Trinajstić information content (AvgIpc) is 2.43. The normalized spacial score (nSPS) is 13.0. The Bertz CT molecular complexity index is 597. The van der Waals surface area contributed by atoms with Crippen molar-refractivity contribution in [3.8, 4) is 0 Å². The van der Waals surface area contributed by atoms with Crippen LogP contribution in [0.2, 0.25) is 0 Å². The predicted molar refractivity (Wildman–Crippen MR) is 74.7 cm³/mol. The molecule has 0 heterocycles. The minimum atomic E-state index is -4.19. The number of benzene rings is 2. The highest BCUT2D eigenvalue weighted by Crippen LogP contribution is 2.26. The Morgan fingerprint density at radius 3 is 1.05 bits per heavy atom. The van der Waals surface area contributed by atoms with Crippen molar-refractivity contribution in [3.63, 3.8) is 0 Å². The molecule has 1 aliphatic rings. The third kappa shape index (κ3) is 3.58. The number of halogens is 4. The van der Waals surface area contributed by atoms with Gasteiger partial charge < -0.3 is 0 Å². The molecule has 108 valence electrons. The van der Waals surface area contributed by atoms with Gasteiger partial charge in [0.05, 0.1) is 0 Å². The van der Waals surface area contributed by atoms with Gasteiger partial charge in [-0.3, -0.25) is 9.59 Å². The predicted octanol–water partition coefficient (Wildman–Crippen LogP) is 4.36. The summed E-state index contributed by atoms with van der Waals surface area (Å²) in [6.07, 6.45) is 0. The van der Waals surface area contributed by atoms with E-state index in [1.165, 1.54) is 15.9 Å². The monoisotopic (exact) mass is 356 g/mol. The lowest BCUT2D eigenvalue weighted by Crippen LogP contribution is -2.20. The van der Waals surface area contributed by atoms with Crippen LogP contribution >= 0.6 is 15.9 Å². The average molecular weight is 357 g/mol. The smallest absolute Gasteiger partial charge is 0.289 e. The van der Waals surface area contributed by atoms with Crippen molar-refractivity contribution >= 4 is 27.5 Å². The highest BCUT2D eigenvalue weighted by atomic mass is 79.9. The lowest BCUT2D eigenvalue weighted by Gasteiger charge is -2.16. The Balaban J connectivity index is 0.000000282. The molecule has 2 nitrogen and oxygen atoms in total. The van der Waals surface area contributed by atoms with E-state index in [0.717, 1.165) is 0 Å². The summed E-state index contributed by atoms with van der Waals surface area (Å²) in [5.41, 5.74) is 2.02. The van der Waals surface area contributed by atoms with Gasteiger partial charge >= 0.3 is 5.09 Å². The lowest BCUT2D eigenvalue weighted by molar-refractivity contribution is -0.0245. The summed E-state index contributed by atoms with van der Waals surface area (Å²) >= 11 is 1.38. The van der Waals surface area contributed by atoms with Gasteiger partial charge in [0.2, 0.25) is 0 Å². The van der Waals surface area contributed by atoms with Crippen LogP contribution in [-0.4, -0.2) is 16.7 Å². The number of ketones is 2. The second-order valence-electron chi connectivity index (χ2n) is 4.18. The second-order valence-corrected chi connectivity index (χ2v) is 5.08. The first kappa shape index (κ1) is 15.4. The van der Waals surface area contributed by atoms with Crippen LogP contribution in [0.5, 0.6) is 0 Å². The molecule has 0 bridgehead atoms. The molecule has 0 aromatic heterocycles. The molecule has 0 radical (unpaired) electrons. The van der Waals surface area contributed by atoms with Crippen LogP contribution in [-0.2, 0) is 0 Å². The van der Waals surface area contributed by atoms with Gasteiger partial charge in [0, 0.05) is 38.2 Å². The van der Waals surface area contributed by atoms with Crippen molar-refractivity contribution in [3.05, 3.63) is 70.8 Å². The number of fused-ring (bicyclic) bond motifs is 2. The van der Waals surface area contributed by atoms with Crippen molar-refractivity contribution in [2.24, 2.45) is 0 Å². The summed E-state index contributed by atoms with van der Waals surface area (Å²) in [4.78, 5) is 24.2. The van der Waals surface area contributed by atoms with E-state index in [1.807, 2.05) is 0 Å². The van der Waals surface area contributed by atoms with E-state index in [0.29, 0.717) is 22.3 Å². The van der Waals surface area contributed by atoms with Gasteiger partial charge in [-0.1, -0.05) is 48.5 Å². The van der Waals surface area contributed by atoms with Gasteiger partial charge in [0.1, 0.15) is 0 Å². The van der Waals surface area contributed by atoms with E-state index >= 15 is 0 Å². The Labute approximate surface area is 126 Å². The highest BCUT2D eigenvalue weighted by Gasteiger charge is 2.28. The zero-order chi connectivity index (χ0) is 15.6. The number of rotatable bonds is 0. The molecule has 2 aromatic carbocycles. The van der Waals surface area contributed by atoms with E-state index in [9.17, 15) is 22.8 Å². The Morgan fingerprint density at radius 1 is 0.667 bits per heavy atom. The molecule has 0 aliphatic heterocycles. The Morgan fingerprint density at radius 2 is 0.857 bits per heavy atom. The summed E-state index contributed by atoms with van der Waals surface area (Å²) in [6, 6.07) is 13.9. The highest BCUT2D eigenvalue weighted by molar-refractivity contribution is 9.09. The summed E-state index contributed by atoms with van der Waals surface area (Å²) in [7, 11) is 0. The number of carbonyl (C=O) groups excluding carboxylic acids is 2. The molecule has 0 atom stereocenters. The lowest BCUT2D eigenvalue weighted by atomic mass is 9.84. The van der Waals surface area contributed by atoms with Gasteiger partial charge in [0.25, 0.3) is 0 Å². The fourth-order valence-electron chi connectivity index (χ4n) is 2.05. The molecule has 0 saturated carbocycles. The molecule has 0 spiro atoms. The number of hydrogen-bond acceptors (Lipinski definition) is 2. The van der Waals surface area contributed by atoms with Crippen LogP contribution in [0.15, 0.2) is 48.5 Å². The molecule has 0 amide bonds. The van der Waals surface area contributed by atoms with Crippen molar-refractivity contribution in [2.75, 3.05) is 0 Å². The van der Waals surface area contributed by atoms with E-state index in [1.54, 1.807) is 48.5 Å². The van der Waals surface area contributed by atoms with Gasteiger partial charge in [-0.15, -0.1) is 0 Å². The Hall–Kier alpha value is -1.95. The van der Waals surface area contributed by atoms with E-state index in [4.69, 9.17) is 0 Å². The van der Waals surface area contributed by atoms with Crippen LogP contribution in [0.1, 0.15) is 31.8 Å². The van der Waals surface area contributed by atoms with Crippen LogP contribution in [0, 0.1) is 0 Å². The number of hydrogen-bond donors (Lipinski definition) is 0. The number of alkyl halides is 4. The molecule has 6 heteroatoms. The van der Waals surface area contributed by atoms with Crippen LogP contribution in [0.4, 0.5) is 13.2 Å². The first-order valence-corrected chi connectivity index (χ1v) is 6.61. The summed E-state index contributed by atoms with van der Waals surface area (Å²) in [5, 5.41) is -4.19. The van der Waals surface area contributed by atoms with Gasteiger partial charge in [-0.25, -0.2) is 0 Å². The molecule has 21 heavy (non-hydrogen) atoms. The molecular weight excluding hydrogens is 349 g/mol. The summed E-state index contributed by atoms with van der Waals surface area (Å²) in [5.74, 6) is -0.128. The van der Waals surface area contributed by atoms with E-state index < -0.39 is 5.09 Å². The standard InChI is InChI=1S/C14H8O2.CBrF3/c15-13-9-5-1-2-6-10(9)14(16)12-8-4-3-7-11(12)13;2-1(3,4)5/h1-8H;. The third-order valence-corrected chi connectivity index (χ3v) is 2.83. The maximum absolute atomic E-state index is 12.1. The second kappa shape index (κ2) is 5.81. The van der Waals surface area contributed by atoms with Gasteiger partial charge in [0.15, 0.2) is 11.6 Å². The minimum Gasteiger partial charge on any atom is -0.289 e. The van der Waals surface area contributed by atoms with Crippen LogP contribution in [0.3, 0.4) is 0 Å².